The Labute approximate surface area is 113 Å². The van der Waals surface area contributed by atoms with E-state index in [9.17, 15) is 4.79 Å². The van der Waals surface area contributed by atoms with Crippen LogP contribution in [0, 0.1) is 6.92 Å². The highest BCUT2D eigenvalue weighted by Gasteiger charge is 2.05. The topological polar surface area (TPSA) is 44.1 Å². The minimum absolute atomic E-state index is 0.614. The van der Waals surface area contributed by atoms with Gasteiger partial charge in [0.25, 0.3) is 0 Å². The second kappa shape index (κ2) is 6.18. The number of unbranched alkanes of at least 4 members (excludes halogenated alkanes) is 1. The summed E-state index contributed by atoms with van der Waals surface area (Å²) >= 11 is 0. The van der Waals surface area contributed by atoms with Crippen LogP contribution in [0.5, 0.6) is 5.75 Å². The second-order valence-electron chi connectivity index (χ2n) is 4.43. The molecule has 0 aliphatic heterocycles. The quantitative estimate of drug-likeness (QED) is 0.590. The number of hydrogen-bond donors (Lipinski definition) is 0. The van der Waals surface area contributed by atoms with Gasteiger partial charge in [0.15, 0.2) is 6.29 Å². The molecule has 100 valence electrons. The van der Waals surface area contributed by atoms with Gasteiger partial charge in [0.1, 0.15) is 5.75 Å². The highest BCUT2D eigenvalue weighted by Crippen LogP contribution is 2.16. The summed E-state index contributed by atoms with van der Waals surface area (Å²) in [7, 11) is 0. The van der Waals surface area contributed by atoms with Crippen LogP contribution >= 0.6 is 0 Å². The van der Waals surface area contributed by atoms with Crippen molar-refractivity contribution in [2.45, 2.75) is 26.7 Å². The third-order valence-electron chi connectivity index (χ3n) is 2.93. The number of aldehydes is 1. The first-order chi connectivity index (χ1) is 9.24. The molecule has 1 aromatic heterocycles. The zero-order valence-electron chi connectivity index (χ0n) is 11.3. The van der Waals surface area contributed by atoms with Crippen molar-refractivity contribution in [1.29, 1.82) is 0 Å². The summed E-state index contributed by atoms with van der Waals surface area (Å²) in [5.41, 5.74) is 2.26. The highest BCUT2D eigenvalue weighted by molar-refractivity contribution is 5.76. The number of carbonyl (C=O) groups excluding carboxylic acids is 1. The van der Waals surface area contributed by atoms with E-state index in [1.165, 1.54) is 0 Å². The van der Waals surface area contributed by atoms with Gasteiger partial charge in [-0.15, -0.1) is 0 Å². The number of aromatic nitrogens is 2. The lowest BCUT2D eigenvalue weighted by Crippen LogP contribution is -1.98. The fourth-order valence-corrected chi connectivity index (χ4v) is 1.75. The molecule has 0 aliphatic carbocycles. The summed E-state index contributed by atoms with van der Waals surface area (Å²) in [5, 5.41) is 4.30. The Balaban J connectivity index is 2.10. The second-order valence-corrected chi connectivity index (χ2v) is 4.43. The van der Waals surface area contributed by atoms with Gasteiger partial charge >= 0.3 is 0 Å². The van der Waals surface area contributed by atoms with Crippen molar-refractivity contribution < 1.29 is 9.53 Å². The van der Waals surface area contributed by atoms with Crippen molar-refractivity contribution in [1.82, 2.24) is 9.78 Å². The average Bonchev–Trinajstić information content (AvgIpc) is 2.81. The molecular formula is C15H18N2O2. The molecule has 1 heterocycles. The normalized spacial score (nSPS) is 10.4. The predicted octanol–water partition coefficient (Wildman–Crippen LogP) is 3.17. The van der Waals surface area contributed by atoms with Crippen molar-refractivity contribution in [2.75, 3.05) is 6.61 Å². The van der Waals surface area contributed by atoms with Gasteiger partial charge in [-0.3, -0.25) is 4.79 Å². The monoisotopic (exact) mass is 258 g/mol. The SMILES string of the molecule is CCCCOc1ccc(-n2cc(C=O)c(C)n2)cc1. The van der Waals surface area contributed by atoms with Crippen molar-refractivity contribution in [3.05, 3.63) is 41.7 Å². The van der Waals surface area contributed by atoms with Gasteiger partial charge in [0, 0.05) is 6.20 Å². The van der Waals surface area contributed by atoms with E-state index in [0.717, 1.165) is 42.9 Å². The molecule has 0 aliphatic rings. The van der Waals surface area contributed by atoms with Gasteiger partial charge in [-0.05, 0) is 37.6 Å². The van der Waals surface area contributed by atoms with Crippen LogP contribution in [0.15, 0.2) is 30.5 Å². The molecule has 0 spiro atoms. The van der Waals surface area contributed by atoms with Crippen LogP contribution in [-0.4, -0.2) is 22.7 Å². The summed E-state index contributed by atoms with van der Waals surface area (Å²) in [6.07, 6.45) is 4.73. The third kappa shape index (κ3) is 3.22. The number of ether oxygens (including phenoxy) is 1. The summed E-state index contributed by atoms with van der Waals surface area (Å²) in [6.45, 7) is 4.70. The van der Waals surface area contributed by atoms with Crippen LogP contribution in [-0.2, 0) is 0 Å². The van der Waals surface area contributed by atoms with E-state index in [-0.39, 0.29) is 0 Å². The summed E-state index contributed by atoms with van der Waals surface area (Å²) in [5.74, 6) is 0.858. The first-order valence-corrected chi connectivity index (χ1v) is 6.49. The lowest BCUT2D eigenvalue weighted by atomic mass is 10.3. The Morgan fingerprint density at radius 1 is 1.32 bits per heavy atom. The molecule has 2 aromatic rings. The van der Waals surface area contributed by atoms with E-state index in [2.05, 4.69) is 12.0 Å². The molecule has 0 atom stereocenters. The molecule has 0 fully saturated rings. The molecule has 0 N–H and O–H groups in total. The lowest BCUT2D eigenvalue weighted by molar-refractivity contribution is 0.112. The Kier molecular flexibility index (Phi) is 4.34. The lowest BCUT2D eigenvalue weighted by Gasteiger charge is -2.06. The Morgan fingerprint density at radius 3 is 2.63 bits per heavy atom. The Hall–Kier alpha value is -2.10. The molecule has 0 bridgehead atoms. The largest absolute Gasteiger partial charge is 0.494 e. The maximum Gasteiger partial charge on any atom is 0.153 e. The number of benzene rings is 1. The van der Waals surface area contributed by atoms with E-state index in [4.69, 9.17) is 4.74 Å². The zero-order valence-corrected chi connectivity index (χ0v) is 11.3. The molecular weight excluding hydrogens is 240 g/mol. The van der Waals surface area contributed by atoms with Crippen LogP contribution < -0.4 is 4.74 Å². The van der Waals surface area contributed by atoms with Gasteiger partial charge in [-0.1, -0.05) is 13.3 Å². The number of hydrogen-bond acceptors (Lipinski definition) is 3. The summed E-state index contributed by atoms with van der Waals surface area (Å²) in [6, 6.07) is 7.70. The summed E-state index contributed by atoms with van der Waals surface area (Å²) < 4.78 is 7.30. The van der Waals surface area contributed by atoms with E-state index >= 15 is 0 Å². The fraction of sp³-hybridized carbons (Fsp3) is 0.333. The molecule has 0 unspecified atom stereocenters. The number of aryl methyl sites for hydroxylation is 1. The van der Waals surface area contributed by atoms with Crippen LogP contribution in [0.3, 0.4) is 0 Å². The smallest absolute Gasteiger partial charge is 0.153 e. The van der Waals surface area contributed by atoms with Crippen LogP contribution in [0.4, 0.5) is 0 Å². The van der Waals surface area contributed by atoms with Crippen LogP contribution in [0.25, 0.3) is 5.69 Å². The van der Waals surface area contributed by atoms with Gasteiger partial charge < -0.3 is 4.74 Å². The maximum atomic E-state index is 10.8. The van der Waals surface area contributed by atoms with Gasteiger partial charge in [0.05, 0.1) is 23.6 Å². The Bertz CT molecular complexity index is 544. The molecule has 2 rings (SSSR count). The fourth-order valence-electron chi connectivity index (χ4n) is 1.75. The standard InChI is InChI=1S/C15H18N2O2/c1-3-4-9-19-15-7-5-14(6-8-15)17-10-13(11-18)12(2)16-17/h5-8,10-11H,3-4,9H2,1-2H3. The minimum Gasteiger partial charge on any atom is -0.494 e. The van der Waals surface area contributed by atoms with Crippen molar-refractivity contribution >= 4 is 6.29 Å². The first kappa shape index (κ1) is 13.3. The van der Waals surface area contributed by atoms with Gasteiger partial charge in [0.2, 0.25) is 0 Å². The van der Waals surface area contributed by atoms with E-state index in [1.807, 2.05) is 31.2 Å². The number of carbonyl (C=O) groups is 1. The molecule has 1 aromatic carbocycles. The molecule has 4 heteroatoms. The predicted molar refractivity (Wildman–Crippen MR) is 74.1 cm³/mol. The molecule has 0 radical (unpaired) electrons. The molecule has 19 heavy (non-hydrogen) atoms. The number of rotatable bonds is 6. The molecule has 0 saturated carbocycles. The van der Waals surface area contributed by atoms with Crippen molar-refractivity contribution in [2.24, 2.45) is 0 Å². The van der Waals surface area contributed by atoms with E-state index in [0.29, 0.717) is 5.56 Å². The third-order valence-corrected chi connectivity index (χ3v) is 2.93. The van der Waals surface area contributed by atoms with Crippen molar-refractivity contribution in [3.8, 4) is 11.4 Å². The van der Waals surface area contributed by atoms with Crippen LogP contribution in [0.1, 0.15) is 35.8 Å². The Morgan fingerprint density at radius 2 is 2.05 bits per heavy atom. The minimum atomic E-state index is 0.614. The molecule has 0 saturated heterocycles. The van der Waals surface area contributed by atoms with Crippen LogP contribution in [0.2, 0.25) is 0 Å². The average molecular weight is 258 g/mol. The maximum absolute atomic E-state index is 10.8. The summed E-state index contributed by atoms with van der Waals surface area (Å²) in [4.78, 5) is 10.8. The van der Waals surface area contributed by atoms with Gasteiger partial charge in [-0.25, -0.2) is 4.68 Å². The highest BCUT2D eigenvalue weighted by atomic mass is 16.5. The number of nitrogens with zero attached hydrogens (tertiary/aromatic N) is 2. The molecule has 0 amide bonds. The van der Waals surface area contributed by atoms with Gasteiger partial charge in [-0.2, -0.15) is 5.10 Å². The van der Waals surface area contributed by atoms with E-state index < -0.39 is 0 Å². The zero-order chi connectivity index (χ0) is 13.7. The van der Waals surface area contributed by atoms with E-state index in [1.54, 1.807) is 10.9 Å². The van der Waals surface area contributed by atoms with Crippen molar-refractivity contribution in [3.63, 3.8) is 0 Å². The first-order valence-electron chi connectivity index (χ1n) is 6.49. The molecule has 4 nitrogen and oxygen atoms in total.